The van der Waals surface area contributed by atoms with Gasteiger partial charge >= 0.3 is 0 Å². The number of hydrogen-bond donors (Lipinski definition) is 0. The Kier molecular flexibility index (Phi) is 7.44. The van der Waals surface area contributed by atoms with Crippen LogP contribution in [0.1, 0.15) is 49.3 Å². The summed E-state index contributed by atoms with van der Waals surface area (Å²) in [5.41, 5.74) is 10.7. The van der Waals surface area contributed by atoms with Crippen LogP contribution in [0.5, 0.6) is 0 Å². The van der Waals surface area contributed by atoms with Crippen LogP contribution in [0, 0.1) is 41.5 Å². The van der Waals surface area contributed by atoms with E-state index in [9.17, 15) is 9.59 Å². The molecule has 0 aliphatic carbocycles. The van der Waals surface area contributed by atoms with Crippen molar-refractivity contribution in [1.29, 1.82) is 0 Å². The van der Waals surface area contributed by atoms with Crippen LogP contribution in [0.4, 0.5) is 11.4 Å². The van der Waals surface area contributed by atoms with Crippen molar-refractivity contribution in [3.8, 4) is 0 Å². The minimum atomic E-state index is -0.506. The molecular weight excluding hydrogens is 492 g/mol. The zero-order valence-corrected chi connectivity index (χ0v) is 24.2. The number of nitrogens with zero attached hydrogens (tertiary/aromatic N) is 2. The van der Waals surface area contributed by atoms with Crippen LogP contribution in [-0.2, 0) is 4.79 Å². The molecule has 0 atom stereocenters. The van der Waals surface area contributed by atoms with E-state index in [1.54, 1.807) is 24.3 Å². The molecule has 0 spiro atoms. The Bertz CT molecular complexity index is 1520. The highest BCUT2D eigenvalue weighted by Crippen LogP contribution is 2.41. The zero-order chi connectivity index (χ0) is 28.6. The van der Waals surface area contributed by atoms with Gasteiger partial charge in [-0.05, 0) is 69.4 Å². The fourth-order valence-electron chi connectivity index (χ4n) is 6.26. The Morgan fingerprint density at radius 2 is 0.925 bits per heavy atom. The summed E-state index contributed by atoms with van der Waals surface area (Å²) in [6.45, 7) is 14.1. The van der Waals surface area contributed by atoms with E-state index in [2.05, 4.69) is 75.6 Å². The van der Waals surface area contributed by atoms with Gasteiger partial charge in [-0.2, -0.15) is 0 Å². The van der Waals surface area contributed by atoms with Gasteiger partial charge in [-0.3, -0.25) is 9.59 Å². The largest absolute Gasteiger partial charge is 0.325 e. The third-order valence-corrected chi connectivity index (χ3v) is 7.62. The smallest absolute Gasteiger partial charge is 0.237 e. The summed E-state index contributed by atoms with van der Waals surface area (Å²) in [5.74, 6) is -0.256. The molecule has 1 aliphatic rings. The predicted molar refractivity (Wildman–Crippen MR) is 165 cm³/mol. The monoisotopic (exact) mass is 528 g/mol. The standard InChI is InChI=1S/C36H36N2O2/c1-23-19-25(3)32(26(4)20-23)37-17-18-38(33-27(5)21-24(2)22-28(33)6)36(37)31(29-13-9-7-10-14-29)35(40)34(39)30-15-11-8-12-16-30/h7-16,19-22H,17-18H2,1-6H3. The number of carbonyl (C=O) groups is 2. The molecule has 0 bridgehead atoms. The van der Waals surface area contributed by atoms with E-state index >= 15 is 0 Å². The molecule has 0 saturated carbocycles. The Hall–Kier alpha value is -4.44. The SMILES string of the molecule is Cc1cc(C)c(N2CCN(c3c(C)cc(C)cc3C)C2=C(C(=O)C(=O)c2ccccc2)c2ccccc2)c(C)c1. The summed E-state index contributed by atoms with van der Waals surface area (Å²) in [6, 6.07) is 27.2. The van der Waals surface area contributed by atoms with Gasteiger partial charge in [0.05, 0.1) is 5.57 Å². The van der Waals surface area contributed by atoms with E-state index in [0.717, 1.165) is 45.0 Å². The molecule has 4 heteroatoms. The summed E-state index contributed by atoms with van der Waals surface area (Å²) in [6.07, 6.45) is 0. The molecule has 202 valence electrons. The van der Waals surface area contributed by atoms with Crippen molar-refractivity contribution >= 4 is 28.5 Å². The van der Waals surface area contributed by atoms with Gasteiger partial charge in [0.2, 0.25) is 11.6 Å². The number of aryl methyl sites for hydroxylation is 6. The third-order valence-electron chi connectivity index (χ3n) is 7.62. The van der Waals surface area contributed by atoms with Gasteiger partial charge < -0.3 is 9.80 Å². The fraction of sp³-hybridized carbons (Fsp3) is 0.222. The average Bonchev–Trinajstić information content (AvgIpc) is 3.31. The van der Waals surface area contributed by atoms with E-state index in [4.69, 9.17) is 0 Å². The first-order valence-electron chi connectivity index (χ1n) is 13.8. The van der Waals surface area contributed by atoms with E-state index < -0.39 is 11.6 Å². The molecule has 1 heterocycles. The van der Waals surface area contributed by atoms with Crippen molar-refractivity contribution in [2.45, 2.75) is 41.5 Å². The van der Waals surface area contributed by atoms with Crippen molar-refractivity contribution in [3.05, 3.63) is 135 Å². The number of anilines is 2. The lowest BCUT2D eigenvalue weighted by molar-refractivity contribution is -0.110. The molecule has 0 radical (unpaired) electrons. The van der Waals surface area contributed by atoms with Gasteiger partial charge in [0, 0.05) is 30.0 Å². The molecule has 40 heavy (non-hydrogen) atoms. The molecule has 1 saturated heterocycles. The second-order valence-corrected chi connectivity index (χ2v) is 10.9. The molecule has 5 rings (SSSR count). The lowest BCUT2D eigenvalue weighted by Gasteiger charge is -2.32. The highest BCUT2D eigenvalue weighted by atomic mass is 16.2. The van der Waals surface area contributed by atoms with Gasteiger partial charge in [-0.25, -0.2) is 0 Å². The minimum Gasteiger partial charge on any atom is -0.325 e. The van der Waals surface area contributed by atoms with Gasteiger partial charge in [-0.15, -0.1) is 0 Å². The minimum absolute atomic E-state index is 0.392. The molecule has 0 amide bonds. The lowest BCUT2D eigenvalue weighted by atomic mass is 9.94. The molecule has 0 aromatic heterocycles. The summed E-state index contributed by atoms with van der Waals surface area (Å²) in [5, 5.41) is 0. The summed E-state index contributed by atoms with van der Waals surface area (Å²) in [7, 11) is 0. The maximum atomic E-state index is 14.4. The van der Waals surface area contributed by atoms with Crippen molar-refractivity contribution in [3.63, 3.8) is 0 Å². The van der Waals surface area contributed by atoms with Crippen LogP contribution in [0.15, 0.2) is 90.8 Å². The lowest BCUT2D eigenvalue weighted by Crippen LogP contribution is -2.30. The number of allylic oxidation sites excluding steroid dienone is 1. The van der Waals surface area contributed by atoms with Gasteiger partial charge in [0.15, 0.2) is 0 Å². The van der Waals surface area contributed by atoms with E-state index in [0.29, 0.717) is 24.2 Å². The number of benzene rings is 4. The summed E-state index contributed by atoms with van der Waals surface area (Å²) < 4.78 is 0. The van der Waals surface area contributed by atoms with Crippen molar-refractivity contribution in [2.24, 2.45) is 0 Å². The first kappa shape index (κ1) is 27.1. The molecule has 0 unspecified atom stereocenters. The normalized spacial score (nSPS) is 13.1. The van der Waals surface area contributed by atoms with Crippen molar-refractivity contribution in [2.75, 3.05) is 22.9 Å². The number of carbonyl (C=O) groups excluding carboxylic acids is 2. The molecular formula is C36H36N2O2. The van der Waals surface area contributed by atoms with Crippen LogP contribution in [0.25, 0.3) is 5.57 Å². The Morgan fingerprint density at radius 3 is 1.32 bits per heavy atom. The number of rotatable bonds is 6. The second-order valence-electron chi connectivity index (χ2n) is 10.9. The first-order valence-corrected chi connectivity index (χ1v) is 13.8. The van der Waals surface area contributed by atoms with Crippen molar-refractivity contribution in [1.82, 2.24) is 0 Å². The summed E-state index contributed by atoms with van der Waals surface area (Å²) >= 11 is 0. The predicted octanol–water partition coefficient (Wildman–Crippen LogP) is 7.68. The number of hydrogen-bond acceptors (Lipinski definition) is 4. The molecule has 0 N–H and O–H groups in total. The highest BCUT2D eigenvalue weighted by Gasteiger charge is 2.37. The highest BCUT2D eigenvalue weighted by molar-refractivity contribution is 6.58. The Balaban J connectivity index is 1.84. The van der Waals surface area contributed by atoms with E-state index in [-0.39, 0.29) is 0 Å². The van der Waals surface area contributed by atoms with Crippen LogP contribution in [0.3, 0.4) is 0 Å². The maximum absolute atomic E-state index is 14.4. The molecule has 1 fully saturated rings. The van der Waals surface area contributed by atoms with Gasteiger partial charge in [0.1, 0.15) is 5.82 Å². The summed E-state index contributed by atoms with van der Waals surface area (Å²) in [4.78, 5) is 32.6. The second kappa shape index (κ2) is 11.0. The van der Waals surface area contributed by atoms with Crippen molar-refractivity contribution < 1.29 is 9.59 Å². The Labute approximate surface area is 237 Å². The third kappa shape index (κ3) is 4.98. The first-order chi connectivity index (χ1) is 19.2. The topological polar surface area (TPSA) is 40.6 Å². The van der Waals surface area contributed by atoms with Crippen LogP contribution < -0.4 is 9.80 Å². The van der Waals surface area contributed by atoms with Gasteiger partial charge in [0.25, 0.3) is 0 Å². The van der Waals surface area contributed by atoms with Crippen LogP contribution >= 0.6 is 0 Å². The van der Waals surface area contributed by atoms with E-state index in [1.807, 2.05) is 36.4 Å². The molecule has 4 aromatic rings. The average molecular weight is 529 g/mol. The van der Waals surface area contributed by atoms with Crippen LogP contribution in [0.2, 0.25) is 0 Å². The number of Topliss-reactive ketones (excluding diaryl/α,β-unsaturated/α-hetero) is 2. The van der Waals surface area contributed by atoms with Gasteiger partial charge in [-0.1, -0.05) is 96.1 Å². The van der Waals surface area contributed by atoms with E-state index in [1.165, 1.54) is 11.1 Å². The molecule has 1 aliphatic heterocycles. The number of ketones is 2. The molecule has 4 nitrogen and oxygen atoms in total. The zero-order valence-electron chi connectivity index (χ0n) is 24.2. The fourth-order valence-corrected chi connectivity index (χ4v) is 6.26. The molecule has 4 aromatic carbocycles. The van der Waals surface area contributed by atoms with Crippen LogP contribution in [-0.4, -0.2) is 24.7 Å². The Morgan fingerprint density at radius 1 is 0.550 bits per heavy atom. The maximum Gasteiger partial charge on any atom is 0.237 e. The quantitative estimate of drug-likeness (QED) is 0.146.